The van der Waals surface area contributed by atoms with Gasteiger partial charge in [0, 0.05) is 0 Å². The van der Waals surface area contributed by atoms with Crippen LogP contribution in [0.15, 0.2) is 70.5 Å². The highest BCUT2D eigenvalue weighted by molar-refractivity contribution is 7.92. The molecule has 1 atom stereocenters. The Balaban J connectivity index is 2.29. The molecule has 6 nitrogen and oxygen atoms in total. The summed E-state index contributed by atoms with van der Waals surface area (Å²) in [6, 6.07) is 16.0. The van der Waals surface area contributed by atoms with Gasteiger partial charge >= 0.3 is 5.97 Å². The summed E-state index contributed by atoms with van der Waals surface area (Å²) in [5, 5.41) is 0. The zero-order valence-electron chi connectivity index (χ0n) is 18.8. The van der Waals surface area contributed by atoms with E-state index in [9.17, 15) is 21.6 Å². The van der Waals surface area contributed by atoms with E-state index < -0.39 is 31.5 Å². The Morgan fingerprint density at radius 3 is 1.59 bits per heavy atom. The number of esters is 1. The topological polar surface area (TPSA) is 94.6 Å². The van der Waals surface area contributed by atoms with E-state index in [1.807, 2.05) is 13.8 Å². The van der Waals surface area contributed by atoms with Gasteiger partial charge in [-0.3, -0.25) is 4.79 Å². The van der Waals surface area contributed by atoms with Crippen molar-refractivity contribution in [2.45, 2.75) is 43.4 Å². The SMILES string of the molecule is CCOC(=O)C(CCC(CS(=O)(=O)c1ccccc1)CS(=O)(=O)c1ccccc1)C(C)C. The van der Waals surface area contributed by atoms with Crippen molar-refractivity contribution in [2.24, 2.45) is 17.8 Å². The van der Waals surface area contributed by atoms with Gasteiger partial charge in [0.15, 0.2) is 19.7 Å². The highest BCUT2D eigenvalue weighted by atomic mass is 32.2. The quantitative estimate of drug-likeness (QED) is 0.423. The molecule has 0 N–H and O–H groups in total. The summed E-state index contributed by atoms with van der Waals surface area (Å²) >= 11 is 0. The van der Waals surface area contributed by atoms with Crippen molar-refractivity contribution >= 4 is 25.6 Å². The van der Waals surface area contributed by atoms with Gasteiger partial charge in [-0.1, -0.05) is 50.2 Å². The average Bonchev–Trinajstić information content (AvgIpc) is 2.74. The van der Waals surface area contributed by atoms with Crippen LogP contribution in [0, 0.1) is 17.8 Å². The number of sulfone groups is 2. The highest BCUT2D eigenvalue weighted by Crippen LogP contribution is 2.26. The fraction of sp³-hybridized carbons (Fsp3) is 0.458. The van der Waals surface area contributed by atoms with Crippen LogP contribution in [0.2, 0.25) is 0 Å². The molecule has 176 valence electrons. The first-order chi connectivity index (χ1) is 15.1. The summed E-state index contributed by atoms with van der Waals surface area (Å²) in [5.74, 6) is -2.05. The molecule has 2 rings (SSSR count). The Hall–Kier alpha value is -2.19. The molecule has 0 bridgehead atoms. The molecule has 1 unspecified atom stereocenters. The Kier molecular flexibility index (Phi) is 9.46. The lowest BCUT2D eigenvalue weighted by Gasteiger charge is -2.23. The molecule has 0 aliphatic heterocycles. The molecule has 0 spiro atoms. The maximum Gasteiger partial charge on any atom is 0.309 e. The lowest BCUT2D eigenvalue weighted by atomic mass is 9.89. The molecule has 0 aromatic heterocycles. The molecule has 0 amide bonds. The van der Waals surface area contributed by atoms with Crippen molar-refractivity contribution in [1.82, 2.24) is 0 Å². The molecule has 32 heavy (non-hydrogen) atoms. The lowest BCUT2D eigenvalue weighted by molar-refractivity contribution is -0.150. The van der Waals surface area contributed by atoms with Crippen LogP contribution in [-0.2, 0) is 29.2 Å². The van der Waals surface area contributed by atoms with E-state index in [1.54, 1.807) is 43.3 Å². The zero-order valence-corrected chi connectivity index (χ0v) is 20.4. The third kappa shape index (κ3) is 7.45. The molecule has 2 aromatic carbocycles. The number of carbonyl (C=O) groups is 1. The molecule has 0 fully saturated rings. The minimum Gasteiger partial charge on any atom is -0.466 e. The third-order valence-electron chi connectivity index (χ3n) is 5.39. The predicted octanol–water partition coefficient (Wildman–Crippen LogP) is 4.17. The molecule has 0 heterocycles. The number of hydrogen-bond donors (Lipinski definition) is 0. The Morgan fingerprint density at radius 1 is 0.781 bits per heavy atom. The van der Waals surface area contributed by atoms with Crippen LogP contribution in [0.5, 0.6) is 0 Å². The first kappa shape index (κ1) is 26.1. The second-order valence-corrected chi connectivity index (χ2v) is 12.3. The second kappa shape index (κ2) is 11.6. The van der Waals surface area contributed by atoms with Gasteiger partial charge in [0.2, 0.25) is 0 Å². The molecular weight excluding hydrogens is 448 g/mol. The lowest BCUT2D eigenvalue weighted by Crippen LogP contribution is -2.28. The van der Waals surface area contributed by atoms with Crippen LogP contribution in [0.25, 0.3) is 0 Å². The minimum absolute atomic E-state index is 0.00818. The number of benzene rings is 2. The second-order valence-electron chi connectivity index (χ2n) is 8.23. The van der Waals surface area contributed by atoms with Crippen molar-refractivity contribution in [2.75, 3.05) is 18.1 Å². The monoisotopic (exact) mass is 480 g/mol. The summed E-state index contributed by atoms with van der Waals surface area (Å²) in [6.07, 6.45) is 0.634. The summed E-state index contributed by atoms with van der Waals surface area (Å²) in [5.41, 5.74) is 0. The van der Waals surface area contributed by atoms with Gasteiger partial charge in [0.05, 0.1) is 33.8 Å². The van der Waals surface area contributed by atoms with Crippen LogP contribution in [0.4, 0.5) is 0 Å². The van der Waals surface area contributed by atoms with Crippen molar-refractivity contribution in [3.63, 3.8) is 0 Å². The summed E-state index contributed by atoms with van der Waals surface area (Å²) in [6.45, 7) is 5.79. The van der Waals surface area contributed by atoms with E-state index in [4.69, 9.17) is 4.74 Å². The fourth-order valence-electron chi connectivity index (χ4n) is 3.67. The van der Waals surface area contributed by atoms with Gasteiger partial charge in [-0.15, -0.1) is 0 Å². The normalized spacial score (nSPS) is 13.3. The molecule has 0 aliphatic rings. The van der Waals surface area contributed by atoms with Crippen LogP contribution in [-0.4, -0.2) is 40.9 Å². The molecule has 8 heteroatoms. The first-order valence-electron chi connectivity index (χ1n) is 10.8. The first-order valence-corrected chi connectivity index (χ1v) is 14.1. The largest absolute Gasteiger partial charge is 0.466 e. The van der Waals surface area contributed by atoms with E-state index in [-0.39, 0.29) is 46.2 Å². The van der Waals surface area contributed by atoms with Crippen molar-refractivity contribution in [3.05, 3.63) is 60.7 Å². The van der Waals surface area contributed by atoms with Crippen LogP contribution >= 0.6 is 0 Å². The van der Waals surface area contributed by atoms with Gasteiger partial charge < -0.3 is 4.74 Å². The molecule has 0 saturated carbocycles. The molecule has 0 aliphatic carbocycles. The van der Waals surface area contributed by atoms with Gasteiger partial charge in [-0.25, -0.2) is 16.8 Å². The Labute approximate surface area is 191 Å². The Morgan fingerprint density at radius 2 is 1.22 bits per heavy atom. The molecule has 2 aromatic rings. The smallest absolute Gasteiger partial charge is 0.309 e. The maximum absolute atomic E-state index is 13.0. The molecular formula is C24H32O6S2. The van der Waals surface area contributed by atoms with Gasteiger partial charge in [0.1, 0.15) is 0 Å². The van der Waals surface area contributed by atoms with Gasteiger partial charge in [-0.05, 0) is 55.9 Å². The van der Waals surface area contributed by atoms with E-state index in [1.165, 1.54) is 24.3 Å². The van der Waals surface area contributed by atoms with Crippen LogP contribution in [0.3, 0.4) is 0 Å². The van der Waals surface area contributed by atoms with E-state index >= 15 is 0 Å². The fourth-order valence-corrected chi connectivity index (χ4v) is 7.16. The van der Waals surface area contributed by atoms with Gasteiger partial charge in [-0.2, -0.15) is 0 Å². The summed E-state index contributed by atoms with van der Waals surface area (Å²) < 4.78 is 57.1. The van der Waals surface area contributed by atoms with Crippen LogP contribution < -0.4 is 0 Å². The number of rotatable bonds is 12. The number of hydrogen-bond acceptors (Lipinski definition) is 6. The van der Waals surface area contributed by atoms with Gasteiger partial charge in [0.25, 0.3) is 0 Å². The van der Waals surface area contributed by atoms with E-state index in [0.717, 1.165) is 0 Å². The van der Waals surface area contributed by atoms with Crippen molar-refractivity contribution < 1.29 is 26.4 Å². The standard InChI is InChI=1S/C24H32O6S2/c1-4-30-24(25)23(19(2)3)16-15-20(17-31(26,27)21-11-7-5-8-12-21)18-32(28,29)22-13-9-6-10-14-22/h5-14,19-20,23H,4,15-18H2,1-3H3. The third-order valence-corrected chi connectivity index (χ3v) is 9.20. The minimum atomic E-state index is -3.69. The summed E-state index contributed by atoms with van der Waals surface area (Å²) in [7, 11) is -7.39. The molecule has 0 radical (unpaired) electrons. The Bertz CT molecular complexity index is 990. The number of carbonyl (C=O) groups excluding carboxylic acids is 1. The average molecular weight is 481 g/mol. The van der Waals surface area contributed by atoms with E-state index in [0.29, 0.717) is 6.42 Å². The zero-order chi connectivity index (χ0) is 23.8. The number of ether oxygens (including phenoxy) is 1. The van der Waals surface area contributed by atoms with Crippen molar-refractivity contribution in [3.8, 4) is 0 Å². The van der Waals surface area contributed by atoms with Crippen molar-refractivity contribution in [1.29, 1.82) is 0 Å². The molecule has 0 saturated heterocycles. The van der Waals surface area contributed by atoms with E-state index in [2.05, 4.69) is 0 Å². The van der Waals surface area contributed by atoms with Crippen LogP contribution in [0.1, 0.15) is 33.6 Å². The highest BCUT2D eigenvalue weighted by Gasteiger charge is 2.30. The predicted molar refractivity (Wildman–Crippen MR) is 125 cm³/mol. The maximum atomic E-state index is 13.0. The summed E-state index contributed by atoms with van der Waals surface area (Å²) in [4.78, 5) is 12.7.